The van der Waals surface area contributed by atoms with Crippen LogP contribution in [0.4, 0.5) is 14.6 Å². The van der Waals surface area contributed by atoms with E-state index in [4.69, 9.17) is 0 Å². The maximum atomic E-state index is 13.2. The van der Waals surface area contributed by atoms with E-state index in [1.807, 2.05) is 6.92 Å². The molecule has 0 aliphatic carbocycles. The van der Waals surface area contributed by atoms with Gasteiger partial charge in [0.05, 0.1) is 5.69 Å². The average molecular weight is 249 g/mol. The largest absolute Gasteiger partial charge is 0.373 e. The Bertz CT molecular complexity index is 577. The summed E-state index contributed by atoms with van der Waals surface area (Å²) in [5.41, 5.74) is 1.70. The molecule has 0 unspecified atom stereocenters. The number of nitrogens with one attached hydrogen (secondary N) is 1. The summed E-state index contributed by atoms with van der Waals surface area (Å²) < 4.78 is 26.5. The quantitative estimate of drug-likeness (QED) is 0.888. The van der Waals surface area contributed by atoms with Crippen LogP contribution in [-0.4, -0.2) is 17.0 Å². The molecular weight excluding hydrogens is 236 g/mol. The number of nitrogens with zero attached hydrogens (tertiary/aromatic N) is 2. The number of benzene rings is 1. The summed E-state index contributed by atoms with van der Waals surface area (Å²) in [6.07, 6.45) is 0. The van der Waals surface area contributed by atoms with Crippen molar-refractivity contribution in [2.45, 2.75) is 13.8 Å². The van der Waals surface area contributed by atoms with Gasteiger partial charge in [0.1, 0.15) is 23.3 Å². The normalized spacial score (nSPS) is 10.5. The lowest BCUT2D eigenvalue weighted by molar-refractivity contribution is 0.584. The lowest BCUT2D eigenvalue weighted by Crippen LogP contribution is -2.03. The molecule has 94 valence electrons. The molecule has 0 aliphatic heterocycles. The van der Waals surface area contributed by atoms with Crippen LogP contribution in [-0.2, 0) is 0 Å². The number of aryl methyl sites for hydroxylation is 1. The lowest BCUT2D eigenvalue weighted by Gasteiger charge is -2.11. The minimum atomic E-state index is -0.619. The van der Waals surface area contributed by atoms with Gasteiger partial charge in [-0.05, 0) is 26.0 Å². The molecule has 0 atom stereocenters. The van der Waals surface area contributed by atoms with E-state index in [1.54, 1.807) is 14.0 Å². The predicted octanol–water partition coefficient (Wildman–Crippen LogP) is 3.08. The summed E-state index contributed by atoms with van der Waals surface area (Å²) in [6.45, 7) is 3.54. The molecule has 0 amide bonds. The van der Waals surface area contributed by atoms with E-state index in [9.17, 15) is 8.78 Å². The molecule has 5 heteroatoms. The maximum absolute atomic E-state index is 13.2. The first-order chi connectivity index (χ1) is 8.51. The van der Waals surface area contributed by atoms with E-state index in [0.717, 1.165) is 11.6 Å². The van der Waals surface area contributed by atoms with Crippen molar-refractivity contribution >= 4 is 5.82 Å². The monoisotopic (exact) mass is 249 g/mol. The van der Waals surface area contributed by atoms with E-state index < -0.39 is 11.6 Å². The number of hydrogen-bond donors (Lipinski definition) is 1. The summed E-state index contributed by atoms with van der Waals surface area (Å²) in [6, 6.07) is 3.36. The van der Waals surface area contributed by atoms with E-state index in [0.29, 0.717) is 22.9 Å². The highest BCUT2D eigenvalue weighted by Crippen LogP contribution is 2.26. The average Bonchev–Trinajstić information content (AvgIpc) is 2.30. The molecule has 1 aromatic carbocycles. The summed E-state index contributed by atoms with van der Waals surface area (Å²) in [7, 11) is 1.74. The minimum absolute atomic E-state index is 0.409. The molecule has 1 N–H and O–H groups in total. The van der Waals surface area contributed by atoms with E-state index >= 15 is 0 Å². The lowest BCUT2D eigenvalue weighted by atomic mass is 10.1. The Morgan fingerprint density at radius 3 is 2.17 bits per heavy atom. The molecule has 0 radical (unpaired) electrons. The van der Waals surface area contributed by atoms with Gasteiger partial charge in [-0.25, -0.2) is 18.7 Å². The van der Waals surface area contributed by atoms with Gasteiger partial charge in [0, 0.05) is 24.2 Å². The van der Waals surface area contributed by atoms with E-state index in [2.05, 4.69) is 15.3 Å². The zero-order chi connectivity index (χ0) is 13.3. The van der Waals surface area contributed by atoms with Gasteiger partial charge in [0.25, 0.3) is 0 Å². The van der Waals surface area contributed by atoms with Crippen LogP contribution in [0.1, 0.15) is 11.4 Å². The van der Waals surface area contributed by atoms with Crippen LogP contribution in [0, 0.1) is 25.5 Å². The molecule has 1 heterocycles. The van der Waals surface area contributed by atoms with Crippen molar-refractivity contribution in [3.8, 4) is 11.3 Å². The molecule has 2 aromatic rings. The first-order valence-corrected chi connectivity index (χ1v) is 5.50. The van der Waals surface area contributed by atoms with Crippen molar-refractivity contribution < 1.29 is 8.78 Å². The van der Waals surface area contributed by atoms with Gasteiger partial charge in [-0.2, -0.15) is 0 Å². The Morgan fingerprint density at radius 2 is 1.61 bits per heavy atom. The van der Waals surface area contributed by atoms with Crippen LogP contribution in [0.15, 0.2) is 18.2 Å². The SMILES string of the molecule is CNc1nc(C)nc(-c2cc(F)cc(F)c2)c1C. The number of anilines is 1. The Hall–Kier alpha value is -2.04. The Labute approximate surface area is 104 Å². The topological polar surface area (TPSA) is 37.8 Å². The molecule has 0 fully saturated rings. The summed E-state index contributed by atoms with van der Waals surface area (Å²) >= 11 is 0. The van der Waals surface area contributed by atoms with Crippen LogP contribution in [0.3, 0.4) is 0 Å². The van der Waals surface area contributed by atoms with Gasteiger partial charge >= 0.3 is 0 Å². The van der Waals surface area contributed by atoms with Gasteiger partial charge in [0.2, 0.25) is 0 Å². The molecule has 0 spiro atoms. The molecule has 2 rings (SSSR count). The van der Waals surface area contributed by atoms with Gasteiger partial charge in [0.15, 0.2) is 0 Å². The highest BCUT2D eigenvalue weighted by atomic mass is 19.1. The molecule has 0 bridgehead atoms. The zero-order valence-corrected chi connectivity index (χ0v) is 10.4. The molecular formula is C13H13F2N3. The minimum Gasteiger partial charge on any atom is -0.373 e. The third-order valence-corrected chi connectivity index (χ3v) is 2.63. The van der Waals surface area contributed by atoms with Crippen LogP contribution in [0.25, 0.3) is 11.3 Å². The second-order valence-electron chi connectivity index (χ2n) is 4.00. The molecule has 1 aromatic heterocycles. The van der Waals surface area contributed by atoms with Crippen LogP contribution < -0.4 is 5.32 Å². The first-order valence-electron chi connectivity index (χ1n) is 5.50. The van der Waals surface area contributed by atoms with Crippen molar-refractivity contribution in [3.05, 3.63) is 41.2 Å². The fraction of sp³-hybridized carbons (Fsp3) is 0.231. The maximum Gasteiger partial charge on any atom is 0.132 e. The fourth-order valence-corrected chi connectivity index (χ4v) is 1.84. The smallest absolute Gasteiger partial charge is 0.132 e. The van der Waals surface area contributed by atoms with Crippen molar-refractivity contribution in [3.63, 3.8) is 0 Å². The van der Waals surface area contributed by atoms with Gasteiger partial charge in [-0.15, -0.1) is 0 Å². The van der Waals surface area contributed by atoms with E-state index in [1.165, 1.54) is 12.1 Å². The molecule has 0 aliphatic rings. The highest BCUT2D eigenvalue weighted by molar-refractivity contribution is 5.68. The summed E-state index contributed by atoms with van der Waals surface area (Å²) in [5.74, 6) is -0.0369. The second-order valence-corrected chi connectivity index (χ2v) is 4.00. The Kier molecular flexibility index (Phi) is 3.23. The summed E-state index contributed by atoms with van der Waals surface area (Å²) in [4.78, 5) is 8.46. The zero-order valence-electron chi connectivity index (χ0n) is 10.4. The Morgan fingerprint density at radius 1 is 1.00 bits per heavy atom. The second kappa shape index (κ2) is 4.68. The molecule has 0 saturated heterocycles. The molecule has 18 heavy (non-hydrogen) atoms. The van der Waals surface area contributed by atoms with Crippen molar-refractivity contribution in [1.82, 2.24) is 9.97 Å². The molecule has 0 saturated carbocycles. The third kappa shape index (κ3) is 2.30. The number of halogens is 2. The van der Waals surface area contributed by atoms with Crippen LogP contribution in [0.5, 0.6) is 0 Å². The van der Waals surface area contributed by atoms with Gasteiger partial charge < -0.3 is 5.32 Å². The number of hydrogen-bond acceptors (Lipinski definition) is 3. The van der Waals surface area contributed by atoms with Gasteiger partial charge in [-0.3, -0.25) is 0 Å². The van der Waals surface area contributed by atoms with Crippen LogP contribution in [0.2, 0.25) is 0 Å². The van der Waals surface area contributed by atoms with E-state index in [-0.39, 0.29) is 0 Å². The highest BCUT2D eigenvalue weighted by Gasteiger charge is 2.12. The number of aromatic nitrogens is 2. The Balaban J connectivity index is 2.66. The third-order valence-electron chi connectivity index (χ3n) is 2.63. The molecule has 3 nitrogen and oxygen atoms in total. The predicted molar refractivity (Wildman–Crippen MR) is 66.4 cm³/mol. The van der Waals surface area contributed by atoms with Crippen LogP contribution >= 0.6 is 0 Å². The van der Waals surface area contributed by atoms with Crippen molar-refractivity contribution in [1.29, 1.82) is 0 Å². The van der Waals surface area contributed by atoms with Crippen molar-refractivity contribution in [2.24, 2.45) is 0 Å². The standard InChI is InChI=1S/C13H13F2N3/c1-7-12(17-8(2)18-13(7)16-3)9-4-10(14)6-11(15)5-9/h4-6H,1-3H3,(H,16,17,18). The summed E-state index contributed by atoms with van der Waals surface area (Å²) in [5, 5.41) is 2.94. The van der Waals surface area contributed by atoms with Crippen molar-refractivity contribution in [2.75, 3.05) is 12.4 Å². The van der Waals surface area contributed by atoms with Gasteiger partial charge in [-0.1, -0.05) is 0 Å². The number of rotatable bonds is 2. The fourth-order valence-electron chi connectivity index (χ4n) is 1.84. The first kappa shape index (κ1) is 12.4.